The first-order chi connectivity index (χ1) is 8.29. The van der Waals surface area contributed by atoms with Crippen LogP contribution in [0.2, 0.25) is 5.02 Å². The highest BCUT2D eigenvalue weighted by molar-refractivity contribution is 6.32. The first kappa shape index (κ1) is 12.0. The Morgan fingerprint density at radius 3 is 3.00 bits per heavy atom. The largest absolute Gasteiger partial charge is 0.417 e. The number of ether oxygens (including phenoxy) is 1. The third kappa shape index (κ3) is 3.22. The highest BCUT2D eigenvalue weighted by Gasteiger charge is 2.08. The average Bonchev–Trinajstić information content (AvgIpc) is 2.77. The van der Waals surface area contributed by atoms with E-state index in [9.17, 15) is 0 Å². The highest BCUT2D eigenvalue weighted by atomic mass is 35.5. The van der Waals surface area contributed by atoms with Gasteiger partial charge < -0.3 is 14.5 Å². The Balaban J connectivity index is 2.04. The fourth-order valence-corrected chi connectivity index (χ4v) is 1.47. The van der Waals surface area contributed by atoms with E-state index in [-0.39, 0.29) is 6.08 Å². The number of para-hydroxylation sites is 1. The van der Waals surface area contributed by atoms with Crippen molar-refractivity contribution in [3.63, 3.8) is 0 Å². The van der Waals surface area contributed by atoms with Crippen molar-refractivity contribution in [2.24, 2.45) is 0 Å². The molecular formula is C12H13ClN2O2. The molecule has 0 radical (unpaired) electrons. The van der Waals surface area contributed by atoms with Crippen LogP contribution in [0.15, 0.2) is 34.9 Å². The van der Waals surface area contributed by atoms with Crippen LogP contribution in [0.4, 0.5) is 0 Å². The predicted molar refractivity (Wildman–Crippen MR) is 65.4 cm³/mol. The lowest BCUT2D eigenvalue weighted by molar-refractivity contribution is 0.331. The van der Waals surface area contributed by atoms with Crippen LogP contribution >= 0.6 is 11.6 Å². The minimum atomic E-state index is 0.200. The number of rotatable bonds is 5. The van der Waals surface area contributed by atoms with Crippen molar-refractivity contribution in [2.75, 3.05) is 6.54 Å². The van der Waals surface area contributed by atoms with Crippen LogP contribution in [0, 0.1) is 0 Å². The summed E-state index contributed by atoms with van der Waals surface area (Å²) in [6.45, 7) is 3.57. The number of hydrogen-bond donors (Lipinski definition) is 1. The number of nitrogens with one attached hydrogen (secondary N) is 1. The second-order valence-electron chi connectivity index (χ2n) is 3.42. The number of halogens is 1. The van der Waals surface area contributed by atoms with Gasteiger partial charge >= 0.3 is 6.08 Å². The van der Waals surface area contributed by atoms with Gasteiger partial charge in [-0.3, -0.25) is 0 Å². The molecule has 2 aromatic rings. The molecule has 2 rings (SSSR count). The summed E-state index contributed by atoms with van der Waals surface area (Å²) in [7, 11) is 0. The molecule has 5 heteroatoms. The van der Waals surface area contributed by atoms with Gasteiger partial charge in [0.2, 0.25) is 0 Å². The molecule has 0 fully saturated rings. The monoisotopic (exact) mass is 252 g/mol. The van der Waals surface area contributed by atoms with Gasteiger partial charge in [-0.05, 0) is 18.7 Å². The Hall–Kier alpha value is -1.52. The maximum absolute atomic E-state index is 5.96. The van der Waals surface area contributed by atoms with Gasteiger partial charge in [0.25, 0.3) is 0 Å². The van der Waals surface area contributed by atoms with Crippen molar-refractivity contribution in [1.82, 2.24) is 10.3 Å². The van der Waals surface area contributed by atoms with Gasteiger partial charge in [-0.1, -0.05) is 30.7 Å². The van der Waals surface area contributed by atoms with Gasteiger partial charge in [0.1, 0.15) is 6.26 Å². The lowest BCUT2D eigenvalue weighted by Gasteiger charge is -2.01. The predicted octanol–water partition coefficient (Wildman–Crippen LogP) is 3.23. The molecule has 17 heavy (non-hydrogen) atoms. The SMILES string of the molecule is CCNCc1coc(Oc2ccccc2Cl)n1. The van der Waals surface area contributed by atoms with Crippen molar-refractivity contribution < 1.29 is 9.15 Å². The smallest absolute Gasteiger partial charge is 0.399 e. The zero-order valence-electron chi connectivity index (χ0n) is 9.44. The third-order valence-electron chi connectivity index (χ3n) is 2.12. The van der Waals surface area contributed by atoms with Gasteiger partial charge in [-0.2, -0.15) is 4.98 Å². The Bertz CT molecular complexity index is 485. The molecule has 0 aliphatic carbocycles. The van der Waals surface area contributed by atoms with Gasteiger partial charge in [0.15, 0.2) is 5.75 Å². The number of hydrogen-bond acceptors (Lipinski definition) is 4. The highest BCUT2D eigenvalue weighted by Crippen LogP contribution is 2.28. The summed E-state index contributed by atoms with van der Waals surface area (Å²) in [4.78, 5) is 4.17. The minimum Gasteiger partial charge on any atom is -0.417 e. The fourth-order valence-electron chi connectivity index (χ4n) is 1.29. The zero-order chi connectivity index (χ0) is 12.1. The third-order valence-corrected chi connectivity index (χ3v) is 2.43. The summed E-state index contributed by atoms with van der Waals surface area (Å²) in [5, 5.41) is 3.68. The Labute approximate surface area is 105 Å². The van der Waals surface area contributed by atoms with Gasteiger partial charge in [-0.15, -0.1) is 0 Å². The lowest BCUT2D eigenvalue weighted by atomic mass is 10.3. The molecule has 0 saturated heterocycles. The Morgan fingerprint density at radius 2 is 2.24 bits per heavy atom. The molecule has 1 N–H and O–H groups in total. The van der Waals surface area contributed by atoms with Gasteiger partial charge in [-0.25, -0.2) is 0 Å². The standard InChI is InChI=1S/C12H13ClN2O2/c1-2-14-7-9-8-16-12(15-9)17-11-6-4-3-5-10(11)13/h3-6,8,14H,2,7H2,1H3. The maximum Gasteiger partial charge on any atom is 0.399 e. The molecule has 1 aromatic heterocycles. The molecule has 0 amide bonds. The topological polar surface area (TPSA) is 47.3 Å². The minimum absolute atomic E-state index is 0.200. The van der Waals surface area contributed by atoms with Crippen molar-refractivity contribution in [3.8, 4) is 11.8 Å². The van der Waals surface area contributed by atoms with E-state index >= 15 is 0 Å². The van der Waals surface area contributed by atoms with Crippen LogP contribution in [0.5, 0.6) is 11.8 Å². The van der Waals surface area contributed by atoms with Crippen molar-refractivity contribution in [1.29, 1.82) is 0 Å². The maximum atomic E-state index is 5.96. The second-order valence-corrected chi connectivity index (χ2v) is 3.82. The van der Waals surface area contributed by atoms with E-state index in [0.717, 1.165) is 12.2 Å². The summed E-state index contributed by atoms with van der Waals surface area (Å²) in [6, 6.07) is 7.18. The first-order valence-corrected chi connectivity index (χ1v) is 5.75. The summed E-state index contributed by atoms with van der Waals surface area (Å²) in [5.41, 5.74) is 0.800. The van der Waals surface area contributed by atoms with E-state index in [1.807, 2.05) is 19.1 Å². The summed E-state index contributed by atoms with van der Waals surface area (Å²) in [5.74, 6) is 0.533. The number of oxazole rings is 1. The van der Waals surface area contributed by atoms with Crippen LogP contribution in [-0.4, -0.2) is 11.5 Å². The molecule has 0 bridgehead atoms. The van der Waals surface area contributed by atoms with Gasteiger partial charge in [0, 0.05) is 6.54 Å². The molecule has 0 atom stereocenters. The molecule has 1 heterocycles. The van der Waals surface area contributed by atoms with E-state index in [1.54, 1.807) is 18.4 Å². The van der Waals surface area contributed by atoms with E-state index < -0.39 is 0 Å². The van der Waals surface area contributed by atoms with Crippen LogP contribution in [-0.2, 0) is 6.54 Å². The molecule has 0 unspecified atom stereocenters. The van der Waals surface area contributed by atoms with Crippen LogP contribution in [0.25, 0.3) is 0 Å². The van der Waals surface area contributed by atoms with Crippen molar-refractivity contribution in [2.45, 2.75) is 13.5 Å². The van der Waals surface area contributed by atoms with E-state index in [0.29, 0.717) is 17.3 Å². The molecule has 0 aliphatic heterocycles. The van der Waals surface area contributed by atoms with Crippen LogP contribution < -0.4 is 10.1 Å². The quantitative estimate of drug-likeness (QED) is 0.888. The summed E-state index contributed by atoms with van der Waals surface area (Å²) >= 11 is 5.96. The molecular weight excluding hydrogens is 240 g/mol. The molecule has 1 aromatic carbocycles. The fraction of sp³-hybridized carbons (Fsp3) is 0.250. The number of aromatic nitrogens is 1. The summed E-state index contributed by atoms with van der Waals surface area (Å²) in [6.07, 6.45) is 1.76. The average molecular weight is 253 g/mol. The second kappa shape index (κ2) is 5.70. The van der Waals surface area contributed by atoms with Crippen LogP contribution in [0.1, 0.15) is 12.6 Å². The molecule has 0 saturated carbocycles. The number of nitrogens with zero attached hydrogens (tertiary/aromatic N) is 1. The first-order valence-electron chi connectivity index (χ1n) is 5.37. The molecule has 90 valence electrons. The number of benzene rings is 1. The van der Waals surface area contributed by atoms with Gasteiger partial charge in [0.05, 0.1) is 10.7 Å². The van der Waals surface area contributed by atoms with E-state index in [4.69, 9.17) is 20.8 Å². The zero-order valence-corrected chi connectivity index (χ0v) is 10.2. The molecule has 0 aliphatic rings. The van der Waals surface area contributed by atoms with E-state index in [2.05, 4.69) is 10.3 Å². The van der Waals surface area contributed by atoms with Crippen molar-refractivity contribution >= 4 is 11.6 Å². The van der Waals surface area contributed by atoms with E-state index in [1.165, 1.54) is 0 Å². The van der Waals surface area contributed by atoms with Crippen molar-refractivity contribution in [3.05, 3.63) is 41.2 Å². The Morgan fingerprint density at radius 1 is 1.41 bits per heavy atom. The molecule has 4 nitrogen and oxygen atoms in total. The summed E-state index contributed by atoms with van der Waals surface area (Å²) < 4.78 is 10.6. The lowest BCUT2D eigenvalue weighted by Crippen LogP contribution is -2.11. The molecule has 0 spiro atoms. The normalized spacial score (nSPS) is 10.5. The Kier molecular flexibility index (Phi) is 4.01. The van der Waals surface area contributed by atoms with Crippen LogP contribution in [0.3, 0.4) is 0 Å².